The molecule has 1 fully saturated rings. The molecule has 0 N–H and O–H groups in total. The van der Waals surface area contributed by atoms with Crippen LogP contribution in [0, 0.1) is 0 Å². The van der Waals surface area contributed by atoms with Crippen molar-refractivity contribution in [1.29, 1.82) is 0 Å². The summed E-state index contributed by atoms with van der Waals surface area (Å²) in [7, 11) is 0. The first kappa shape index (κ1) is 15.7. The summed E-state index contributed by atoms with van der Waals surface area (Å²) in [6.45, 7) is 3.26. The van der Waals surface area contributed by atoms with Gasteiger partial charge in [-0.3, -0.25) is 0 Å². The maximum Gasteiger partial charge on any atom is 0.0692 e. The summed E-state index contributed by atoms with van der Waals surface area (Å²) in [4.78, 5) is 0. The average Bonchev–Trinajstić information content (AvgIpc) is 2.32. The largest absolute Gasteiger partial charge is 0.377 e. The van der Waals surface area contributed by atoms with E-state index in [1.165, 1.54) is 70.6 Å². The van der Waals surface area contributed by atoms with Crippen LogP contribution >= 0.6 is 22.6 Å². The molecule has 0 aromatic heterocycles. The first-order valence-corrected chi connectivity index (χ1v) is 8.85. The predicted molar refractivity (Wildman–Crippen MR) is 84.0 cm³/mol. The maximum atomic E-state index is 6.10. The quantitative estimate of drug-likeness (QED) is 0.334. The molecule has 1 rings (SSSR count). The lowest BCUT2D eigenvalue weighted by atomic mass is 9.98. The van der Waals surface area contributed by atoms with Gasteiger partial charge in [-0.15, -0.1) is 0 Å². The fourth-order valence-electron chi connectivity index (χ4n) is 2.53. The van der Waals surface area contributed by atoms with Crippen LogP contribution in [-0.4, -0.2) is 16.6 Å². The summed E-state index contributed by atoms with van der Waals surface area (Å²) in [5, 5.41) is 0. The summed E-state index contributed by atoms with van der Waals surface area (Å²) < 4.78 is 6.86. The molecule has 1 saturated carbocycles. The van der Waals surface area contributed by atoms with E-state index in [4.69, 9.17) is 4.74 Å². The van der Waals surface area contributed by atoms with Crippen LogP contribution in [0.3, 0.4) is 0 Å². The molecular weight excluding hydrogens is 323 g/mol. The Balaban J connectivity index is 2.06. The molecule has 0 bridgehead atoms. The Labute approximate surface area is 121 Å². The third kappa shape index (κ3) is 7.66. The SMILES string of the molecule is CCCCCCCOC1CCCCCCC1I. The normalized spacial score (nSPS) is 26.5. The van der Waals surface area contributed by atoms with E-state index >= 15 is 0 Å². The third-order valence-electron chi connectivity index (χ3n) is 3.70. The van der Waals surface area contributed by atoms with Gasteiger partial charge in [0.25, 0.3) is 0 Å². The smallest absolute Gasteiger partial charge is 0.0692 e. The highest BCUT2D eigenvalue weighted by molar-refractivity contribution is 14.1. The van der Waals surface area contributed by atoms with Crippen molar-refractivity contribution >= 4 is 22.6 Å². The summed E-state index contributed by atoms with van der Waals surface area (Å²) >= 11 is 2.61. The minimum absolute atomic E-state index is 0.544. The van der Waals surface area contributed by atoms with Gasteiger partial charge in [0.1, 0.15) is 0 Å². The molecule has 17 heavy (non-hydrogen) atoms. The van der Waals surface area contributed by atoms with E-state index in [1.54, 1.807) is 0 Å². The van der Waals surface area contributed by atoms with Crippen molar-refractivity contribution in [2.24, 2.45) is 0 Å². The Morgan fingerprint density at radius 1 is 0.941 bits per heavy atom. The number of rotatable bonds is 7. The Bertz CT molecular complexity index is 172. The average molecular weight is 352 g/mol. The molecular formula is C15H29IO. The Morgan fingerprint density at radius 2 is 1.65 bits per heavy atom. The van der Waals surface area contributed by atoms with E-state index in [0.717, 1.165) is 10.5 Å². The zero-order valence-corrected chi connectivity index (χ0v) is 13.6. The van der Waals surface area contributed by atoms with Crippen LogP contribution in [0.2, 0.25) is 0 Å². The number of hydrogen-bond donors (Lipinski definition) is 0. The van der Waals surface area contributed by atoms with Gasteiger partial charge in [-0.1, -0.05) is 80.9 Å². The Kier molecular flexibility index (Phi) is 9.82. The molecule has 1 nitrogen and oxygen atoms in total. The number of hydrogen-bond acceptors (Lipinski definition) is 1. The molecule has 0 spiro atoms. The third-order valence-corrected chi connectivity index (χ3v) is 5.13. The first-order chi connectivity index (χ1) is 8.34. The lowest BCUT2D eigenvalue weighted by Gasteiger charge is -2.25. The molecule has 2 heteroatoms. The zero-order chi connectivity index (χ0) is 12.3. The van der Waals surface area contributed by atoms with Crippen molar-refractivity contribution in [3.8, 4) is 0 Å². The van der Waals surface area contributed by atoms with E-state index in [-0.39, 0.29) is 0 Å². The van der Waals surface area contributed by atoms with Crippen molar-refractivity contribution in [3.63, 3.8) is 0 Å². The van der Waals surface area contributed by atoms with Crippen molar-refractivity contribution in [3.05, 3.63) is 0 Å². The predicted octanol–water partition coefficient (Wildman–Crippen LogP) is 5.50. The highest BCUT2D eigenvalue weighted by Crippen LogP contribution is 2.25. The molecule has 2 atom stereocenters. The van der Waals surface area contributed by atoms with Crippen LogP contribution < -0.4 is 0 Å². The molecule has 0 amide bonds. The molecule has 0 aromatic carbocycles. The van der Waals surface area contributed by atoms with E-state index in [0.29, 0.717) is 6.10 Å². The minimum atomic E-state index is 0.544. The standard InChI is InChI=1S/C15H29IO/c1-2-3-4-7-10-13-17-15-12-9-6-5-8-11-14(15)16/h14-15H,2-13H2,1H3. The Morgan fingerprint density at radius 3 is 2.41 bits per heavy atom. The summed E-state index contributed by atoms with van der Waals surface area (Å²) in [6, 6.07) is 0. The number of halogens is 1. The van der Waals surface area contributed by atoms with E-state index in [2.05, 4.69) is 29.5 Å². The van der Waals surface area contributed by atoms with Crippen LogP contribution in [0.15, 0.2) is 0 Å². The van der Waals surface area contributed by atoms with Crippen LogP contribution in [0.25, 0.3) is 0 Å². The molecule has 0 aliphatic heterocycles. The van der Waals surface area contributed by atoms with Crippen molar-refractivity contribution < 1.29 is 4.74 Å². The molecule has 1 aliphatic carbocycles. The fourth-order valence-corrected chi connectivity index (χ4v) is 3.54. The van der Waals surface area contributed by atoms with Gasteiger partial charge in [0.15, 0.2) is 0 Å². The molecule has 0 heterocycles. The zero-order valence-electron chi connectivity index (χ0n) is 11.4. The topological polar surface area (TPSA) is 9.23 Å². The van der Waals surface area contributed by atoms with E-state index in [9.17, 15) is 0 Å². The second-order valence-electron chi connectivity index (χ2n) is 5.33. The van der Waals surface area contributed by atoms with Gasteiger partial charge in [-0.25, -0.2) is 0 Å². The monoisotopic (exact) mass is 352 g/mol. The molecule has 0 radical (unpaired) electrons. The van der Waals surface area contributed by atoms with Crippen LogP contribution in [0.4, 0.5) is 0 Å². The van der Waals surface area contributed by atoms with Crippen molar-refractivity contribution in [2.75, 3.05) is 6.61 Å². The first-order valence-electron chi connectivity index (χ1n) is 7.60. The van der Waals surface area contributed by atoms with Crippen LogP contribution in [0.5, 0.6) is 0 Å². The summed E-state index contributed by atoms with van der Waals surface area (Å²) in [6.07, 6.45) is 15.6. The van der Waals surface area contributed by atoms with Crippen molar-refractivity contribution in [1.82, 2.24) is 0 Å². The fraction of sp³-hybridized carbons (Fsp3) is 1.00. The van der Waals surface area contributed by atoms with Gasteiger partial charge in [-0.05, 0) is 19.3 Å². The van der Waals surface area contributed by atoms with Gasteiger partial charge in [-0.2, -0.15) is 0 Å². The highest BCUT2D eigenvalue weighted by Gasteiger charge is 2.20. The number of ether oxygens (including phenoxy) is 1. The molecule has 1 aliphatic rings. The second kappa shape index (κ2) is 10.6. The van der Waals surface area contributed by atoms with E-state index in [1.807, 2.05) is 0 Å². The molecule has 102 valence electrons. The maximum absolute atomic E-state index is 6.10. The number of alkyl halides is 1. The lowest BCUT2D eigenvalue weighted by Crippen LogP contribution is -2.26. The highest BCUT2D eigenvalue weighted by atomic mass is 127. The Hall–Kier alpha value is 0.690. The van der Waals surface area contributed by atoms with Gasteiger partial charge in [0.05, 0.1) is 6.10 Å². The van der Waals surface area contributed by atoms with Gasteiger partial charge in [0.2, 0.25) is 0 Å². The summed E-state index contributed by atoms with van der Waals surface area (Å²) in [5.41, 5.74) is 0. The van der Waals surface area contributed by atoms with Crippen LogP contribution in [0.1, 0.15) is 77.6 Å². The van der Waals surface area contributed by atoms with Gasteiger partial charge < -0.3 is 4.74 Å². The molecule has 0 aromatic rings. The van der Waals surface area contributed by atoms with E-state index < -0.39 is 0 Å². The minimum Gasteiger partial charge on any atom is -0.377 e. The van der Waals surface area contributed by atoms with Gasteiger partial charge in [0, 0.05) is 10.5 Å². The second-order valence-corrected chi connectivity index (χ2v) is 6.93. The number of unbranched alkanes of at least 4 members (excludes halogenated alkanes) is 4. The van der Waals surface area contributed by atoms with Crippen molar-refractivity contribution in [2.45, 2.75) is 87.6 Å². The van der Waals surface area contributed by atoms with Crippen LogP contribution in [-0.2, 0) is 4.74 Å². The summed E-state index contributed by atoms with van der Waals surface area (Å²) in [5.74, 6) is 0. The molecule has 2 unspecified atom stereocenters. The molecule has 0 saturated heterocycles. The van der Waals surface area contributed by atoms with Gasteiger partial charge >= 0.3 is 0 Å². The lowest BCUT2D eigenvalue weighted by molar-refractivity contribution is 0.0405.